The van der Waals surface area contributed by atoms with Crippen molar-refractivity contribution in [2.24, 2.45) is 17.8 Å². The first-order valence-electron chi connectivity index (χ1n) is 12.0. The van der Waals surface area contributed by atoms with E-state index in [1.165, 1.54) is 0 Å². The van der Waals surface area contributed by atoms with E-state index in [1.54, 1.807) is 18.2 Å². The highest BCUT2D eigenvalue weighted by Crippen LogP contribution is 2.47. The van der Waals surface area contributed by atoms with E-state index in [1.807, 2.05) is 0 Å². The summed E-state index contributed by atoms with van der Waals surface area (Å²) in [5.74, 6) is 0.456. The second-order valence-corrected chi connectivity index (χ2v) is 10.8. The maximum atomic E-state index is 12.9. The summed E-state index contributed by atoms with van der Waals surface area (Å²) in [5, 5.41) is 10.9. The van der Waals surface area contributed by atoms with Crippen LogP contribution in [0.25, 0.3) is 0 Å². The third-order valence-electron chi connectivity index (χ3n) is 7.67. The van der Waals surface area contributed by atoms with Crippen molar-refractivity contribution in [1.29, 1.82) is 0 Å². The largest absolute Gasteiger partial charge is 0.482 e. The van der Waals surface area contributed by atoms with Crippen LogP contribution in [0.15, 0.2) is 18.2 Å². The molecule has 34 heavy (non-hydrogen) atoms. The van der Waals surface area contributed by atoms with Crippen LogP contribution in [0.5, 0.6) is 5.75 Å². The summed E-state index contributed by atoms with van der Waals surface area (Å²) >= 11 is 5.99. The number of carbonyl (C=O) groups is 2. The Morgan fingerprint density at radius 2 is 1.88 bits per heavy atom. The molecule has 0 spiro atoms. The predicted octanol–water partition coefficient (Wildman–Crippen LogP) is 4.64. The van der Waals surface area contributed by atoms with Gasteiger partial charge in [-0.05, 0) is 55.7 Å². The summed E-state index contributed by atoms with van der Waals surface area (Å²) in [6.45, 7) is 0.733. The fourth-order valence-electron chi connectivity index (χ4n) is 5.98. The average molecular weight is 499 g/mol. The van der Waals surface area contributed by atoms with Crippen molar-refractivity contribution in [3.8, 4) is 5.75 Å². The molecule has 1 saturated carbocycles. The van der Waals surface area contributed by atoms with Crippen LogP contribution in [0.2, 0.25) is 5.02 Å². The van der Waals surface area contributed by atoms with Crippen LogP contribution in [0.4, 0.5) is 8.78 Å². The molecule has 3 aliphatic heterocycles. The van der Waals surface area contributed by atoms with Crippen LogP contribution >= 0.6 is 11.6 Å². The van der Waals surface area contributed by atoms with Gasteiger partial charge in [0, 0.05) is 42.7 Å². The number of ether oxygens (including phenoxy) is 3. The van der Waals surface area contributed by atoms with E-state index in [2.05, 4.69) is 4.74 Å². The lowest BCUT2D eigenvalue weighted by atomic mass is 9.73. The smallest absolute Gasteiger partial charge is 0.353 e. The number of carbonyl (C=O) groups excluding carboxylic acids is 2. The number of Topliss-reactive ketones (excluding diaryl/α,β-unsaturated/α-hetero) is 2. The molecule has 2 saturated heterocycles. The highest BCUT2D eigenvalue weighted by molar-refractivity contribution is 6.30. The summed E-state index contributed by atoms with van der Waals surface area (Å²) < 4.78 is 42.4. The quantitative estimate of drug-likeness (QED) is 0.562. The standard InChI is InChI=1S/C25H29ClF2O6/c1-25(27,28)34-15-4-12(5-15)6-18(29)17-10-22-13(8-23(17)33-22)7-20(31)24-11-19(30)16-9-14(26)2-3-21(16)32-24/h2-3,9,12-13,15,17,19,22-24,30H,4-8,10-11H2,1H3/t12?,13-,15?,17+,19+,22+,23+,24+/m0/s1. The van der Waals surface area contributed by atoms with Crippen molar-refractivity contribution < 1.29 is 37.7 Å². The minimum atomic E-state index is -3.14. The van der Waals surface area contributed by atoms with Gasteiger partial charge in [-0.1, -0.05) is 11.6 Å². The Morgan fingerprint density at radius 3 is 2.56 bits per heavy atom. The first-order valence-corrected chi connectivity index (χ1v) is 12.3. The molecule has 5 rings (SSSR count). The highest BCUT2D eigenvalue weighted by atomic mass is 35.5. The first kappa shape index (κ1) is 24.1. The topological polar surface area (TPSA) is 82.1 Å². The molecule has 1 N–H and O–H groups in total. The molecule has 6 nitrogen and oxygen atoms in total. The molecule has 3 fully saturated rings. The Morgan fingerprint density at radius 1 is 1.12 bits per heavy atom. The maximum Gasteiger partial charge on any atom is 0.353 e. The molecule has 1 aromatic rings. The summed E-state index contributed by atoms with van der Waals surface area (Å²) in [5.41, 5.74) is 0.592. The number of ketones is 2. The molecule has 6 atom stereocenters. The van der Waals surface area contributed by atoms with E-state index in [-0.39, 0.29) is 54.4 Å². The van der Waals surface area contributed by atoms with E-state index in [9.17, 15) is 23.5 Å². The van der Waals surface area contributed by atoms with Gasteiger partial charge in [-0.15, -0.1) is 0 Å². The summed E-state index contributed by atoms with van der Waals surface area (Å²) in [6, 6.07) is 4.98. The molecular formula is C25H29ClF2O6. The predicted molar refractivity (Wildman–Crippen MR) is 118 cm³/mol. The minimum absolute atomic E-state index is 0.0298. The number of rotatable bonds is 8. The van der Waals surface area contributed by atoms with E-state index in [0.717, 1.165) is 6.92 Å². The summed E-state index contributed by atoms with van der Waals surface area (Å²) in [7, 11) is 0. The molecule has 1 aliphatic carbocycles. The Bertz CT molecular complexity index is 959. The molecule has 2 bridgehead atoms. The molecule has 186 valence electrons. The van der Waals surface area contributed by atoms with Crippen LogP contribution < -0.4 is 4.74 Å². The van der Waals surface area contributed by atoms with E-state index < -0.39 is 24.4 Å². The van der Waals surface area contributed by atoms with Crippen LogP contribution in [-0.2, 0) is 19.1 Å². The van der Waals surface area contributed by atoms with Gasteiger partial charge in [0.1, 0.15) is 11.5 Å². The molecule has 9 heteroatoms. The number of fused-ring (bicyclic) bond motifs is 3. The van der Waals surface area contributed by atoms with Crippen molar-refractivity contribution in [2.75, 3.05) is 0 Å². The normalized spacial score (nSPS) is 36.5. The molecule has 4 aliphatic rings. The molecule has 0 unspecified atom stereocenters. The third-order valence-corrected chi connectivity index (χ3v) is 7.91. The summed E-state index contributed by atoms with van der Waals surface area (Å²) in [4.78, 5) is 25.7. The highest BCUT2D eigenvalue weighted by Gasteiger charge is 2.51. The zero-order chi connectivity index (χ0) is 24.2. The maximum absolute atomic E-state index is 12.9. The molecule has 0 radical (unpaired) electrons. The number of halogens is 3. The van der Waals surface area contributed by atoms with Crippen LogP contribution in [0.1, 0.15) is 63.5 Å². The molecule has 3 heterocycles. The Labute approximate surface area is 201 Å². The summed E-state index contributed by atoms with van der Waals surface area (Å²) in [6.07, 6.45) is -2.43. The lowest BCUT2D eigenvalue weighted by Crippen LogP contribution is -2.39. The molecular weight excluding hydrogens is 470 g/mol. The number of aliphatic hydroxyl groups excluding tert-OH is 1. The second kappa shape index (κ2) is 9.12. The van der Waals surface area contributed by atoms with E-state index in [4.69, 9.17) is 21.1 Å². The monoisotopic (exact) mass is 498 g/mol. The van der Waals surface area contributed by atoms with Gasteiger partial charge in [0.2, 0.25) is 0 Å². The van der Waals surface area contributed by atoms with Crippen molar-refractivity contribution in [2.45, 2.75) is 88.5 Å². The zero-order valence-electron chi connectivity index (χ0n) is 18.9. The Hall–Kier alpha value is -1.61. The lowest BCUT2D eigenvalue weighted by Gasteiger charge is -2.37. The zero-order valence-corrected chi connectivity index (χ0v) is 19.7. The number of aliphatic hydroxyl groups is 1. The van der Waals surface area contributed by atoms with Gasteiger partial charge < -0.3 is 19.3 Å². The SMILES string of the molecule is CC(F)(F)OC1CC(CC(=O)[C@H]2C[C@H]3O[C@@H]2C[C@@H]3CC(=O)[C@H]2C[C@@H](O)c3cc(Cl)ccc3O2)C1. The van der Waals surface area contributed by atoms with Gasteiger partial charge in [0.25, 0.3) is 0 Å². The second-order valence-electron chi connectivity index (χ2n) is 10.3. The lowest BCUT2D eigenvalue weighted by molar-refractivity contribution is -0.268. The van der Waals surface area contributed by atoms with Crippen molar-refractivity contribution in [3.63, 3.8) is 0 Å². The average Bonchev–Trinajstić information content (AvgIpc) is 3.32. The van der Waals surface area contributed by atoms with Crippen molar-refractivity contribution in [3.05, 3.63) is 28.8 Å². The van der Waals surface area contributed by atoms with Crippen LogP contribution in [0.3, 0.4) is 0 Å². The van der Waals surface area contributed by atoms with Gasteiger partial charge in [-0.3, -0.25) is 9.59 Å². The fraction of sp³-hybridized carbons (Fsp3) is 0.680. The number of hydrogen-bond donors (Lipinski definition) is 1. The minimum Gasteiger partial charge on any atom is -0.482 e. The van der Waals surface area contributed by atoms with Crippen molar-refractivity contribution >= 4 is 23.2 Å². The van der Waals surface area contributed by atoms with Crippen molar-refractivity contribution in [1.82, 2.24) is 0 Å². The Balaban J connectivity index is 1.09. The fourth-order valence-corrected chi connectivity index (χ4v) is 6.16. The van der Waals surface area contributed by atoms with Gasteiger partial charge >= 0.3 is 6.11 Å². The van der Waals surface area contributed by atoms with Gasteiger partial charge in [0.05, 0.1) is 24.4 Å². The van der Waals surface area contributed by atoms with Crippen LogP contribution in [0, 0.1) is 17.8 Å². The van der Waals surface area contributed by atoms with E-state index in [0.29, 0.717) is 48.4 Å². The van der Waals surface area contributed by atoms with Gasteiger partial charge in [-0.25, -0.2) is 0 Å². The molecule has 0 amide bonds. The number of hydrogen-bond acceptors (Lipinski definition) is 6. The number of benzene rings is 1. The molecule has 1 aromatic carbocycles. The van der Waals surface area contributed by atoms with Gasteiger partial charge in [-0.2, -0.15) is 8.78 Å². The van der Waals surface area contributed by atoms with Gasteiger partial charge in [0.15, 0.2) is 11.9 Å². The molecule has 0 aromatic heterocycles. The van der Waals surface area contributed by atoms with E-state index >= 15 is 0 Å². The Kier molecular flexibility index (Phi) is 6.46. The first-order chi connectivity index (χ1) is 16.1. The number of alkyl halides is 2. The van der Waals surface area contributed by atoms with Crippen LogP contribution in [-0.4, -0.2) is 47.2 Å². The third kappa shape index (κ3) is 5.01.